The van der Waals surface area contributed by atoms with E-state index in [-0.39, 0.29) is 17.7 Å². The predicted octanol–water partition coefficient (Wildman–Crippen LogP) is 1.49. The van der Waals surface area contributed by atoms with E-state index in [0.717, 1.165) is 56.1 Å². The minimum atomic E-state index is -0.258. The molecule has 2 aliphatic heterocycles. The molecule has 26 heavy (non-hydrogen) atoms. The molecule has 0 bridgehead atoms. The number of amides is 2. The Bertz CT molecular complexity index is 635. The molecule has 1 aromatic rings. The van der Waals surface area contributed by atoms with Crippen molar-refractivity contribution in [1.29, 1.82) is 0 Å². The fourth-order valence-electron chi connectivity index (χ4n) is 3.72. The lowest BCUT2D eigenvalue weighted by Crippen LogP contribution is -2.39. The van der Waals surface area contributed by atoms with Crippen LogP contribution in [0.15, 0.2) is 18.2 Å². The van der Waals surface area contributed by atoms with Crippen LogP contribution in [0.25, 0.3) is 0 Å². The van der Waals surface area contributed by atoms with E-state index < -0.39 is 0 Å². The number of nitrogens with zero attached hydrogens (tertiary/aromatic N) is 2. The lowest BCUT2D eigenvalue weighted by Gasteiger charge is -2.26. The molecule has 2 saturated heterocycles. The van der Waals surface area contributed by atoms with E-state index in [1.807, 2.05) is 26.0 Å². The van der Waals surface area contributed by atoms with Crippen molar-refractivity contribution in [1.82, 2.24) is 10.2 Å². The molecule has 0 radical (unpaired) electrons. The number of anilines is 1. The highest BCUT2D eigenvalue weighted by Gasteiger charge is 2.35. The van der Waals surface area contributed by atoms with E-state index in [9.17, 15) is 9.59 Å². The van der Waals surface area contributed by atoms with Gasteiger partial charge in [0, 0.05) is 38.3 Å². The van der Waals surface area contributed by atoms with Crippen molar-refractivity contribution in [2.75, 3.05) is 50.8 Å². The highest BCUT2D eigenvalue weighted by molar-refractivity contribution is 6.00. The molecular weight excluding hydrogens is 330 g/mol. The van der Waals surface area contributed by atoms with Gasteiger partial charge < -0.3 is 15.0 Å². The first-order valence-electron chi connectivity index (χ1n) is 9.49. The molecule has 2 aliphatic rings. The van der Waals surface area contributed by atoms with Crippen LogP contribution in [0.3, 0.4) is 0 Å². The summed E-state index contributed by atoms with van der Waals surface area (Å²) in [6.07, 6.45) is 1.22. The summed E-state index contributed by atoms with van der Waals surface area (Å²) >= 11 is 0. The van der Waals surface area contributed by atoms with Crippen LogP contribution in [0, 0.1) is 19.8 Å². The summed E-state index contributed by atoms with van der Waals surface area (Å²) in [6, 6.07) is 6.10. The fraction of sp³-hybridized carbons (Fsp3) is 0.600. The summed E-state index contributed by atoms with van der Waals surface area (Å²) in [6.45, 7) is 9.68. The minimum absolute atomic E-state index is 0.00722. The van der Waals surface area contributed by atoms with Gasteiger partial charge in [0.2, 0.25) is 11.8 Å². The van der Waals surface area contributed by atoms with Crippen molar-refractivity contribution < 1.29 is 14.3 Å². The van der Waals surface area contributed by atoms with Crippen LogP contribution in [0.2, 0.25) is 0 Å². The molecule has 2 heterocycles. The highest BCUT2D eigenvalue weighted by atomic mass is 16.5. The first-order chi connectivity index (χ1) is 12.5. The average molecular weight is 359 g/mol. The molecule has 142 valence electrons. The zero-order valence-electron chi connectivity index (χ0n) is 15.8. The van der Waals surface area contributed by atoms with Gasteiger partial charge >= 0.3 is 0 Å². The van der Waals surface area contributed by atoms with E-state index in [1.165, 1.54) is 0 Å². The van der Waals surface area contributed by atoms with Crippen LogP contribution in [-0.2, 0) is 14.3 Å². The molecule has 6 heteroatoms. The number of nitrogens with one attached hydrogen (secondary N) is 1. The number of hydrogen-bond donors (Lipinski definition) is 1. The van der Waals surface area contributed by atoms with Crippen LogP contribution in [-0.4, -0.2) is 62.7 Å². The van der Waals surface area contributed by atoms with Crippen molar-refractivity contribution in [2.45, 2.75) is 26.7 Å². The van der Waals surface area contributed by atoms with Crippen LogP contribution >= 0.6 is 0 Å². The van der Waals surface area contributed by atoms with Gasteiger partial charge in [-0.1, -0.05) is 6.07 Å². The Labute approximate surface area is 155 Å². The Hall–Kier alpha value is -1.92. The minimum Gasteiger partial charge on any atom is -0.379 e. The Morgan fingerprint density at radius 1 is 1.19 bits per heavy atom. The van der Waals surface area contributed by atoms with Crippen molar-refractivity contribution >= 4 is 17.5 Å². The van der Waals surface area contributed by atoms with Crippen LogP contribution < -0.4 is 10.2 Å². The second-order valence-electron chi connectivity index (χ2n) is 7.35. The van der Waals surface area contributed by atoms with E-state index >= 15 is 0 Å². The fourth-order valence-corrected chi connectivity index (χ4v) is 3.72. The maximum Gasteiger partial charge on any atom is 0.227 e. The summed E-state index contributed by atoms with van der Waals surface area (Å²) in [7, 11) is 0. The molecule has 0 aliphatic carbocycles. The van der Waals surface area contributed by atoms with Crippen LogP contribution in [0.4, 0.5) is 5.69 Å². The molecule has 2 amide bonds. The molecule has 1 N–H and O–H groups in total. The molecule has 1 unspecified atom stereocenters. The Kier molecular flexibility index (Phi) is 6.27. The first-order valence-corrected chi connectivity index (χ1v) is 9.49. The summed E-state index contributed by atoms with van der Waals surface area (Å²) in [5.74, 6) is -0.234. The second-order valence-corrected chi connectivity index (χ2v) is 7.35. The molecule has 0 saturated carbocycles. The van der Waals surface area contributed by atoms with Gasteiger partial charge in [-0.15, -0.1) is 0 Å². The number of ether oxygens (including phenoxy) is 1. The molecule has 1 aromatic carbocycles. The van der Waals surface area contributed by atoms with Gasteiger partial charge in [0.1, 0.15) is 0 Å². The maximum atomic E-state index is 12.4. The highest BCUT2D eigenvalue weighted by Crippen LogP contribution is 2.27. The summed E-state index contributed by atoms with van der Waals surface area (Å²) in [4.78, 5) is 28.9. The van der Waals surface area contributed by atoms with Crippen molar-refractivity contribution in [2.24, 2.45) is 5.92 Å². The number of aryl methyl sites for hydroxylation is 2. The monoisotopic (exact) mass is 359 g/mol. The van der Waals surface area contributed by atoms with E-state index in [2.05, 4.69) is 16.3 Å². The summed E-state index contributed by atoms with van der Waals surface area (Å²) in [5, 5.41) is 3.00. The topological polar surface area (TPSA) is 61.9 Å². The molecular formula is C20H29N3O3. The number of benzene rings is 1. The van der Waals surface area contributed by atoms with E-state index in [4.69, 9.17) is 4.74 Å². The molecule has 0 spiro atoms. The quantitative estimate of drug-likeness (QED) is 0.782. The van der Waals surface area contributed by atoms with Gasteiger partial charge in [0.25, 0.3) is 0 Å². The van der Waals surface area contributed by atoms with E-state index in [0.29, 0.717) is 19.5 Å². The second kappa shape index (κ2) is 8.64. The maximum absolute atomic E-state index is 12.4. The molecule has 2 fully saturated rings. The number of rotatable bonds is 6. The van der Waals surface area contributed by atoms with Gasteiger partial charge in [-0.05, 0) is 50.1 Å². The Morgan fingerprint density at radius 2 is 1.88 bits per heavy atom. The molecule has 0 aromatic heterocycles. The predicted molar refractivity (Wildman–Crippen MR) is 101 cm³/mol. The third-order valence-electron chi connectivity index (χ3n) is 5.07. The normalized spacial score (nSPS) is 21.2. The zero-order chi connectivity index (χ0) is 18.5. The van der Waals surface area contributed by atoms with Crippen molar-refractivity contribution in [3.63, 3.8) is 0 Å². The average Bonchev–Trinajstić information content (AvgIpc) is 3.00. The number of carbonyl (C=O) groups excluding carboxylic acids is 2. The lowest BCUT2D eigenvalue weighted by atomic mass is 10.1. The van der Waals surface area contributed by atoms with Gasteiger partial charge in [0.15, 0.2) is 0 Å². The van der Waals surface area contributed by atoms with Crippen molar-refractivity contribution in [3.8, 4) is 0 Å². The van der Waals surface area contributed by atoms with Gasteiger partial charge in [0.05, 0.1) is 19.1 Å². The SMILES string of the molecule is Cc1cc(C)cc(N2CC(C(=O)NCCCN3CCOCC3)CC2=O)c1. The first kappa shape index (κ1) is 18.9. The Balaban J connectivity index is 1.46. The number of hydrogen-bond acceptors (Lipinski definition) is 4. The third kappa shape index (κ3) is 4.83. The number of morpholine rings is 1. The van der Waals surface area contributed by atoms with Gasteiger partial charge in [-0.2, -0.15) is 0 Å². The molecule has 6 nitrogen and oxygen atoms in total. The van der Waals surface area contributed by atoms with Crippen molar-refractivity contribution in [3.05, 3.63) is 29.3 Å². The largest absolute Gasteiger partial charge is 0.379 e. The Morgan fingerprint density at radius 3 is 2.58 bits per heavy atom. The van der Waals surface area contributed by atoms with Crippen LogP contribution in [0.1, 0.15) is 24.0 Å². The lowest BCUT2D eigenvalue weighted by molar-refractivity contribution is -0.126. The third-order valence-corrected chi connectivity index (χ3v) is 5.07. The molecule has 1 atom stereocenters. The number of carbonyl (C=O) groups is 2. The van der Waals surface area contributed by atoms with Gasteiger partial charge in [-0.25, -0.2) is 0 Å². The van der Waals surface area contributed by atoms with Gasteiger partial charge in [-0.3, -0.25) is 14.5 Å². The zero-order valence-corrected chi connectivity index (χ0v) is 15.8. The summed E-state index contributed by atoms with van der Waals surface area (Å²) < 4.78 is 5.34. The van der Waals surface area contributed by atoms with E-state index in [1.54, 1.807) is 4.90 Å². The van der Waals surface area contributed by atoms with Crippen LogP contribution in [0.5, 0.6) is 0 Å². The summed E-state index contributed by atoms with van der Waals surface area (Å²) in [5.41, 5.74) is 3.16. The molecule has 3 rings (SSSR count). The smallest absolute Gasteiger partial charge is 0.227 e. The standard InChI is InChI=1S/C20H29N3O3/c1-15-10-16(2)12-18(11-15)23-14-17(13-19(23)24)20(25)21-4-3-5-22-6-8-26-9-7-22/h10-12,17H,3-9,13-14H2,1-2H3,(H,21,25).